The van der Waals surface area contributed by atoms with E-state index in [1.54, 1.807) is 12.1 Å². The van der Waals surface area contributed by atoms with Crippen molar-refractivity contribution >= 4 is 14.0 Å². The van der Waals surface area contributed by atoms with Crippen molar-refractivity contribution in [1.29, 1.82) is 0 Å². The second kappa shape index (κ2) is 25.0. The van der Waals surface area contributed by atoms with E-state index in [1.807, 2.05) is 12.1 Å². The molecule has 1 rings (SSSR count). The molecule has 0 aliphatic rings. The molecule has 0 amide bonds. The Morgan fingerprint density at radius 1 is 0.476 bits per heavy atom. The van der Waals surface area contributed by atoms with Crippen LogP contribution in [0, 0.1) is 0 Å². The molecule has 0 aliphatic carbocycles. The van der Waals surface area contributed by atoms with Gasteiger partial charge in [0.25, 0.3) is 0 Å². The Labute approximate surface area is 254 Å². The van der Waals surface area contributed by atoms with E-state index in [0.29, 0.717) is 125 Å². The number of ether oxygens (including phenoxy) is 9. The fraction of sp³-hybridized carbons (Fsp3) is 0.800. The van der Waals surface area contributed by atoms with E-state index >= 15 is 0 Å². The Kier molecular flexibility index (Phi) is 23.1. The number of anilines is 1. The van der Waals surface area contributed by atoms with Crippen LogP contribution in [0.15, 0.2) is 24.3 Å². The fourth-order valence-corrected chi connectivity index (χ4v) is 4.02. The van der Waals surface area contributed by atoms with Gasteiger partial charge in [-0.05, 0) is 42.4 Å². The van der Waals surface area contributed by atoms with Gasteiger partial charge >= 0.3 is 0 Å². The first-order valence-corrected chi connectivity index (χ1v) is 17.9. The zero-order chi connectivity index (χ0) is 30.8. The lowest BCUT2D eigenvalue weighted by atomic mass is 10.2. The van der Waals surface area contributed by atoms with Crippen LogP contribution in [0.2, 0.25) is 18.1 Å². The SMILES string of the molecule is CC(C)(C)[Si](C)(C)OCCOCCOCCOCCOCCOCCOCCOCCOCCOc1ccc(N)cc1. The smallest absolute Gasteiger partial charge is 0.192 e. The van der Waals surface area contributed by atoms with Crippen LogP contribution in [0.5, 0.6) is 5.75 Å². The van der Waals surface area contributed by atoms with E-state index in [0.717, 1.165) is 5.75 Å². The lowest BCUT2D eigenvalue weighted by Gasteiger charge is -2.36. The predicted octanol–water partition coefficient (Wildman–Crippen LogP) is 3.80. The highest BCUT2D eigenvalue weighted by Crippen LogP contribution is 2.36. The molecule has 0 spiro atoms. The van der Waals surface area contributed by atoms with Crippen molar-refractivity contribution in [3.8, 4) is 5.75 Å². The summed E-state index contributed by atoms with van der Waals surface area (Å²) in [7, 11) is -1.69. The van der Waals surface area contributed by atoms with Gasteiger partial charge in [0.2, 0.25) is 0 Å². The van der Waals surface area contributed by atoms with Crippen molar-refractivity contribution in [3.63, 3.8) is 0 Å². The van der Waals surface area contributed by atoms with Crippen molar-refractivity contribution in [1.82, 2.24) is 0 Å². The summed E-state index contributed by atoms with van der Waals surface area (Å²) in [6.07, 6.45) is 0. The lowest BCUT2D eigenvalue weighted by molar-refractivity contribution is -0.0241. The van der Waals surface area contributed by atoms with E-state index in [4.69, 9.17) is 52.8 Å². The average molecular weight is 620 g/mol. The molecule has 0 unspecified atom stereocenters. The van der Waals surface area contributed by atoms with Crippen LogP contribution in [0.3, 0.4) is 0 Å². The number of nitrogens with two attached hydrogens (primary N) is 1. The first-order valence-electron chi connectivity index (χ1n) is 15.0. The van der Waals surface area contributed by atoms with Crippen LogP contribution >= 0.6 is 0 Å². The second-order valence-electron chi connectivity index (χ2n) is 10.9. The Balaban J connectivity index is 1.68. The molecule has 2 N–H and O–H groups in total. The van der Waals surface area contributed by atoms with Gasteiger partial charge in [-0.15, -0.1) is 0 Å². The molecular formula is C30H57NO10Si. The van der Waals surface area contributed by atoms with Gasteiger partial charge in [-0.25, -0.2) is 0 Å². The van der Waals surface area contributed by atoms with Crippen molar-refractivity contribution in [2.75, 3.05) is 125 Å². The zero-order valence-corrected chi connectivity index (χ0v) is 27.7. The average Bonchev–Trinajstić information content (AvgIpc) is 2.94. The van der Waals surface area contributed by atoms with Crippen LogP contribution in [-0.4, -0.2) is 127 Å². The van der Waals surface area contributed by atoms with E-state index < -0.39 is 8.32 Å². The number of hydrogen-bond acceptors (Lipinski definition) is 11. The van der Waals surface area contributed by atoms with Crippen molar-refractivity contribution in [2.45, 2.75) is 38.9 Å². The highest BCUT2D eigenvalue weighted by molar-refractivity contribution is 6.74. The third-order valence-electron chi connectivity index (χ3n) is 6.48. The molecule has 0 bridgehead atoms. The first-order chi connectivity index (χ1) is 20.2. The molecule has 0 radical (unpaired) electrons. The predicted molar refractivity (Wildman–Crippen MR) is 166 cm³/mol. The van der Waals surface area contributed by atoms with E-state index in [9.17, 15) is 0 Å². The minimum absolute atomic E-state index is 0.219. The maximum absolute atomic E-state index is 6.07. The van der Waals surface area contributed by atoms with Crippen LogP contribution in [0.1, 0.15) is 20.8 Å². The van der Waals surface area contributed by atoms with Crippen molar-refractivity contribution < 1.29 is 47.1 Å². The lowest BCUT2D eigenvalue weighted by Crippen LogP contribution is -2.41. The summed E-state index contributed by atoms with van der Waals surface area (Å²) >= 11 is 0. The van der Waals surface area contributed by atoms with Gasteiger partial charge in [0.1, 0.15) is 12.4 Å². The van der Waals surface area contributed by atoms with Gasteiger partial charge in [-0.2, -0.15) is 0 Å². The van der Waals surface area contributed by atoms with Crippen LogP contribution in [0.25, 0.3) is 0 Å². The molecule has 11 nitrogen and oxygen atoms in total. The van der Waals surface area contributed by atoms with Crippen LogP contribution < -0.4 is 10.5 Å². The molecule has 0 saturated carbocycles. The fourth-order valence-electron chi connectivity index (χ4n) is 3.00. The molecule has 12 heteroatoms. The van der Waals surface area contributed by atoms with Gasteiger partial charge in [0, 0.05) is 5.69 Å². The Morgan fingerprint density at radius 2 is 0.762 bits per heavy atom. The number of benzene rings is 1. The third kappa shape index (κ3) is 22.2. The topological polar surface area (TPSA) is 118 Å². The normalized spacial score (nSPS) is 12.2. The Morgan fingerprint density at radius 3 is 1.07 bits per heavy atom. The molecule has 0 saturated heterocycles. The van der Waals surface area contributed by atoms with Crippen molar-refractivity contribution in [3.05, 3.63) is 24.3 Å². The van der Waals surface area contributed by atoms with Gasteiger partial charge in [0.05, 0.1) is 112 Å². The van der Waals surface area contributed by atoms with E-state index in [-0.39, 0.29) is 5.04 Å². The van der Waals surface area contributed by atoms with Crippen LogP contribution in [-0.2, 0) is 42.3 Å². The van der Waals surface area contributed by atoms with Gasteiger partial charge in [-0.1, -0.05) is 20.8 Å². The van der Waals surface area contributed by atoms with Crippen LogP contribution in [0.4, 0.5) is 5.69 Å². The van der Waals surface area contributed by atoms with Crippen molar-refractivity contribution in [2.24, 2.45) is 0 Å². The molecule has 0 aromatic heterocycles. The molecule has 246 valence electrons. The van der Waals surface area contributed by atoms with Gasteiger partial charge in [0.15, 0.2) is 8.32 Å². The maximum atomic E-state index is 6.07. The summed E-state index contributed by atoms with van der Waals surface area (Å²) < 4.78 is 55.6. The van der Waals surface area contributed by atoms with E-state index in [2.05, 4.69) is 33.9 Å². The summed E-state index contributed by atoms with van der Waals surface area (Å²) in [4.78, 5) is 0. The third-order valence-corrected chi connectivity index (χ3v) is 11.0. The molecule has 1 aromatic rings. The molecule has 0 aliphatic heterocycles. The minimum Gasteiger partial charge on any atom is -0.491 e. The number of nitrogen functional groups attached to an aromatic ring is 1. The molecular weight excluding hydrogens is 562 g/mol. The Bertz CT molecular complexity index is 734. The van der Waals surface area contributed by atoms with Gasteiger partial charge < -0.3 is 52.8 Å². The molecule has 1 aromatic carbocycles. The van der Waals surface area contributed by atoms with Gasteiger partial charge in [-0.3, -0.25) is 0 Å². The summed E-state index contributed by atoms with van der Waals surface area (Å²) in [5.41, 5.74) is 6.35. The summed E-state index contributed by atoms with van der Waals surface area (Å²) in [5.74, 6) is 0.775. The summed E-state index contributed by atoms with van der Waals surface area (Å²) in [5, 5.41) is 0.219. The monoisotopic (exact) mass is 619 g/mol. The number of rotatable bonds is 29. The molecule has 0 fully saturated rings. The number of hydrogen-bond donors (Lipinski definition) is 1. The second-order valence-corrected chi connectivity index (χ2v) is 15.7. The quantitative estimate of drug-likeness (QED) is 0.0801. The summed E-state index contributed by atoms with van der Waals surface area (Å²) in [6.45, 7) is 20.7. The highest BCUT2D eigenvalue weighted by Gasteiger charge is 2.36. The summed E-state index contributed by atoms with van der Waals surface area (Å²) in [6, 6.07) is 7.27. The highest BCUT2D eigenvalue weighted by atomic mass is 28.4. The zero-order valence-electron chi connectivity index (χ0n) is 26.7. The minimum atomic E-state index is -1.69. The first kappa shape index (κ1) is 38.7. The molecule has 0 atom stereocenters. The Hall–Kier alpha value is -1.32. The van der Waals surface area contributed by atoms with E-state index in [1.165, 1.54) is 0 Å². The molecule has 42 heavy (non-hydrogen) atoms. The maximum Gasteiger partial charge on any atom is 0.192 e. The molecule has 0 heterocycles. The largest absolute Gasteiger partial charge is 0.491 e. The standard InChI is InChI=1S/C30H57NO10Si/c1-30(2,3)42(4,5)41-27-25-39-23-21-37-19-17-35-15-13-33-11-10-32-12-14-34-16-18-36-20-22-38-24-26-40-29-8-6-28(31)7-9-29/h6-9H,10-27,31H2,1-5H3.